The van der Waals surface area contributed by atoms with Crippen LogP contribution < -0.4 is 14.8 Å². The molecule has 0 aromatic heterocycles. The molecule has 0 atom stereocenters. The second-order valence-electron chi connectivity index (χ2n) is 7.25. The molecule has 0 aliphatic heterocycles. The van der Waals surface area contributed by atoms with Gasteiger partial charge in [0.05, 0.1) is 11.6 Å². The van der Waals surface area contributed by atoms with Gasteiger partial charge in [-0.3, -0.25) is 4.79 Å². The first-order valence-corrected chi connectivity index (χ1v) is 10.7. The third kappa shape index (κ3) is 5.77. The van der Waals surface area contributed by atoms with E-state index in [1.165, 1.54) is 6.08 Å². The molecule has 0 spiro atoms. The first-order chi connectivity index (χ1) is 15.4. The van der Waals surface area contributed by atoms with Gasteiger partial charge in [0.2, 0.25) is 0 Å². The van der Waals surface area contributed by atoms with Crippen LogP contribution in [0, 0.1) is 25.2 Å². The summed E-state index contributed by atoms with van der Waals surface area (Å²) in [7, 11) is 1.54. The van der Waals surface area contributed by atoms with Gasteiger partial charge >= 0.3 is 0 Å². The highest BCUT2D eigenvalue weighted by atomic mass is 79.9. The molecule has 0 saturated heterocycles. The molecular formula is C26H23BrN2O3. The van der Waals surface area contributed by atoms with Crippen molar-refractivity contribution in [2.75, 3.05) is 12.4 Å². The molecule has 3 aromatic carbocycles. The van der Waals surface area contributed by atoms with Crippen LogP contribution in [-0.2, 0) is 11.4 Å². The molecule has 0 radical (unpaired) electrons. The number of nitrogens with zero attached hydrogens (tertiary/aromatic N) is 1. The Kier molecular flexibility index (Phi) is 7.69. The Bertz CT molecular complexity index is 1200. The number of hydrogen-bond donors (Lipinski definition) is 1. The highest BCUT2D eigenvalue weighted by molar-refractivity contribution is 9.10. The van der Waals surface area contributed by atoms with Gasteiger partial charge in [-0.25, -0.2) is 0 Å². The number of nitrogens with one attached hydrogen (secondary N) is 1. The molecular weight excluding hydrogens is 468 g/mol. The summed E-state index contributed by atoms with van der Waals surface area (Å²) in [5, 5.41) is 12.4. The van der Waals surface area contributed by atoms with Crippen LogP contribution in [0.15, 0.2) is 70.7 Å². The third-order valence-electron chi connectivity index (χ3n) is 4.80. The van der Waals surface area contributed by atoms with Crippen LogP contribution in [0.25, 0.3) is 6.08 Å². The van der Waals surface area contributed by atoms with Crippen LogP contribution in [0.3, 0.4) is 0 Å². The molecule has 5 nitrogen and oxygen atoms in total. The van der Waals surface area contributed by atoms with Gasteiger partial charge in [-0.2, -0.15) is 5.26 Å². The molecule has 0 unspecified atom stereocenters. The van der Waals surface area contributed by atoms with Crippen LogP contribution in [-0.4, -0.2) is 13.0 Å². The lowest BCUT2D eigenvalue weighted by Gasteiger charge is -2.14. The number of methoxy groups -OCH3 is 1. The topological polar surface area (TPSA) is 71.3 Å². The number of benzene rings is 3. The number of amides is 1. The van der Waals surface area contributed by atoms with Gasteiger partial charge in [0.25, 0.3) is 5.91 Å². The molecule has 0 fully saturated rings. The lowest BCUT2D eigenvalue weighted by molar-refractivity contribution is -0.112. The quantitative estimate of drug-likeness (QED) is 0.316. The Hall–Kier alpha value is -3.56. The zero-order chi connectivity index (χ0) is 23.1. The predicted octanol–water partition coefficient (Wildman–Crippen LogP) is 6.20. The van der Waals surface area contributed by atoms with Crippen LogP contribution in [0.4, 0.5) is 5.69 Å². The molecule has 0 heterocycles. The summed E-state index contributed by atoms with van der Waals surface area (Å²) in [5.41, 5.74) is 4.27. The van der Waals surface area contributed by atoms with Crippen LogP contribution in [0.1, 0.15) is 22.3 Å². The lowest BCUT2D eigenvalue weighted by atomic mass is 10.1. The highest BCUT2D eigenvalue weighted by Crippen LogP contribution is 2.37. The number of nitriles is 1. The van der Waals surface area contributed by atoms with E-state index in [9.17, 15) is 10.1 Å². The summed E-state index contributed by atoms with van der Waals surface area (Å²) < 4.78 is 12.1. The van der Waals surface area contributed by atoms with Gasteiger partial charge in [-0.1, -0.05) is 42.5 Å². The molecule has 6 heteroatoms. The lowest BCUT2D eigenvalue weighted by Crippen LogP contribution is -2.14. The van der Waals surface area contributed by atoms with Crippen molar-refractivity contribution < 1.29 is 14.3 Å². The monoisotopic (exact) mass is 490 g/mol. The summed E-state index contributed by atoms with van der Waals surface area (Å²) >= 11 is 3.51. The first-order valence-electron chi connectivity index (χ1n) is 9.96. The van der Waals surface area contributed by atoms with E-state index in [1.54, 1.807) is 19.2 Å². The van der Waals surface area contributed by atoms with Crippen LogP contribution in [0.2, 0.25) is 0 Å². The zero-order valence-corrected chi connectivity index (χ0v) is 19.7. The molecule has 162 valence electrons. The normalized spacial score (nSPS) is 10.9. The summed E-state index contributed by atoms with van der Waals surface area (Å²) in [4.78, 5) is 12.7. The minimum atomic E-state index is -0.472. The highest BCUT2D eigenvalue weighted by Gasteiger charge is 2.15. The minimum Gasteiger partial charge on any atom is -0.493 e. The maximum atomic E-state index is 12.7. The number of halogens is 1. The Labute approximate surface area is 196 Å². The second kappa shape index (κ2) is 10.7. The Morgan fingerprint density at radius 3 is 2.56 bits per heavy atom. The number of hydrogen-bond acceptors (Lipinski definition) is 4. The van der Waals surface area contributed by atoms with E-state index in [1.807, 2.05) is 68.4 Å². The fraction of sp³-hybridized carbons (Fsp3) is 0.154. The van der Waals surface area contributed by atoms with Gasteiger partial charge in [-0.15, -0.1) is 0 Å². The van der Waals surface area contributed by atoms with Crippen molar-refractivity contribution >= 4 is 33.6 Å². The van der Waals surface area contributed by atoms with E-state index in [4.69, 9.17) is 9.47 Å². The summed E-state index contributed by atoms with van der Waals surface area (Å²) in [6, 6.07) is 21.1. The summed E-state index contributed by atoms with van der Waals surface area (Å²) in [6.07, 6.45) is 1.52. The van der Waals surface area contributed by atoms with Gasteiger partial charge in [0, 0.05) is 5.69 Å². The largest absolute Gasteiger partial charge is 0.493 e. The van der Waals surface area contributed by atoms with Crippen molar-refractivity contribution in [1.29, 1.82) is 5.26 Å². The average molecular weight is 491 g/mol. The van der Waals surface area contributed by atoms with Crippen molar-refractivity contribution in [2.45, 2.75) is 20.5 Å². The SMILES string of the molecule is COc1cc(/C=C(/C#N)C(=O)Nc2cc(C)ccc2C)cc(Br)c1OCc1ccccc1. The first kappa shape index (κ1) is 23.1. The van der Waals surface area contributed by atoms with Gasteiger partial charge in [0.15, 0.2) is 11.5 Å². The zero-order valence-electron chi connectivity index (χ0n) is 18.1. The number of carbonyl (C=O) groups is 1. The average Bonchev–Trinajstić information content (AvgIpc) is 2.79. The fourth-order valence-electron chi connectivity index (χ4n) is 3.07. The maximum absolute atomic E-state index is 12.7. The number of anilines is 1. The Morgan fingerprint density at radius 1 is 1.12 bits per heavy atom. The molecule has 0 aliphatic rings. The van der Waals surface area contributed by atoms with Crippen molar-refractivity contribution in [2.24, 2.45) is 0 Å². The maximum Gasteiger partial charge on any atom is 0.266 e. The number of rotatable bonds is 7. The third-order valence-corrected chi connectivity index (χ3v) is 5.38. The predicted molar refractivity (Wildman–Crippen MR) is 130 cm³/mol. The smallest absolute Gasteiger partial charge is 0.266 e. The van der Waals surface area contributed by atoms with E-state index in [-0.39, 0.29) is 5.57 Å². The van der Waals surface area contributed by atoms with Crippen LogP contribution >= 0.6 is 15.9 Å². The van der Waals surface area contributed by atoms with E-state index >= 15 is 0 Å². The number of ether oxygens (including phenoxy) is 2. The number of aryl methyl sites for hydroxylation is 2. The standard InChI is InChI=1S/C26H23BrN2O3/c1-17-9-10-18(2)23(11-17)29-26(30)21(15-28)12-20-13-22(27)25(24(14-20)31-3)32-16-19-7-5-4-6-8-19/h4-14H,16H2,1-3H3,(H,29,30)/b21-12-. The summed E-state index contributed by atoms with van der Waals surface area (Å²) in [6.45, 7) is 4.23. The Balaban J connectivity index is 1.84. The second-order valence-corrected chi connectivity index (χ2v) is 8.11. The Morgan fingerprint density at radius 2 is 1.88 bits per heavy atom. The molecule has 0 aliphatic carbocycles. The molecule has 1 N–H and O–H groups in total. The van der Waals surface area contributed by atoms with Crippen molar-refractivity contribution in [3.8, 4) is 17.6 Å². The van der Waals surface area contributed by atoms with Crippen molar-refractivity contribution in [1.82, 2.24) is 0 Å². The number of carbonyl (C=O) groups excluding carboxylic acids is 1. The van der Waals surface area contributed by atoms with Gasteiger partial charge < -0.3 is 14.8 Å². The minimum absolute atomic E-state index is 0.0159. The molecule has 1 amide bonds. The van der Waals surface area contributed by atoms with E-state index in [0.29, 0.717) is 33.8 Å². The van der Waals surface area contributed by atoms with E-state index < -0.39 is 5.91 Å². The van der Waals surface area contributed by atoms with E-state index in [0.717, 1.165) is 16.7 Å². The molecule has 3 rings (SSSR count). The van der Waals surface area contributed by atoms with Gasteiger partial charge in [0.1, 0.15) is 18.2 Å². The van der Waals surface area contributed by atoms with Crippen molar-refractivity contribution in [3.63, 3.8) is 0 Å². The van der Waals surface area contributed by atoms with Gasteiger partial charge in [-0.05, 0) is 76.3 Å². The molecule has 3 aromatic rings. The molecule has 0 saturated carbocycles. The van der Waals surface area contributed by atoms with Crippen LogP contribution in [0.5, 0.6) is 11.5 Å². The van der Waals surface area contributed by atoms with E-state index in [2.05, 4.69) is 21.2 Å². The molecule has 32 heavy (non-hydrogen) atoms. The molecule has 0 bridgehead atoms. The summed E-state index contributed by atoms with van der Waals surface area (Å²) in [5.74, 6) is 0.571. The fourth-order valence-corrected chi connectivity index (χ4v) is 3.64. The van der Waals surface area contributed by atoms with Crippen molar-refractivity contribution in [3.05, 3.63) is 93.0 Å².